The molecule has 0 radical (unpaired) electrons. The zero-order valence-corrected chi connectivity index (χ0v) is 12.1. The number of esters is 1. The van der Waals surface area contributed by atoms with E-state index in [1.54, 1.807) is 24.0 Å². The SMILES string of the molecule is CCCn1cc(Oc2nccc(C(=O)OCC)c2N)cn1. The van der Waals surface area contributed by atoms with Crippen molar-refractivity contribution in [3.63, 3.8) is 0 Å². The lowest BCUT2D eigenvalue weighted by Gasteiger charge is -2.09. The standard InChI is InChI=1S/C14H18N4O3/c1-3-7-18-9-10(8-17-18)21-13-12(15)11(5-6-16-13)14(19)20-4-2/h5-6,8-9H,3-4,7,15H2,1-2H3. The molecular weight excluding hydrogens is 272 g/mol. The van der Waals surface area contributed by atoms with Crippen molar-refractivity contribution in [2.75, 3.05) is 12.3 Å². The maximum absolute atomic E-state index is 11.8. The van der Waals surface area contributed by atoms with Gasteiger partial charge in [-0.05, 0) is 19.4 Å². The van der Waals surface area contributed by atoms with Gasteiger partial charge >= 0.3 is 5.97 Å². The highest BCUT2D eigenvalue weighted by molar-refractivity contribution is 5.96. The third kappa shape index (κ3) is 3.50. The third-order valence-corrected chi connectivity index (χ3v) is 2.73. The van der Waals surface area contributed by atoms with Gasteiger partial charge in [0.1, 0.15) is 5.69 Å². The van der Waals surface area contributed by atoms with Gasteiger partial charge in [-0.3, -0.25) is 4.68 Å². The molecule has 7 heteroatoms. The van der Waals surface area contributed by atoms with Crippen molar-refractivity contribution < 1.29 is 14.3 Å². The fourth-order valence-corrected chi connectivity index (χ4v) is 1.78. The Balaban J connectivity index is 2.19. The molecular formula is C14H18N4O3. The minimum Gasteiger partial charge on any atom is -0.462 e. The van der Waals surface area contributed by atoms with Crippen molar-refractivity contribution in [3.05, 3.63) is 30.2 Å². The minimum absolute atomic E-state index is 0.152. The van der Waals surface area contributed by atoms with E-state index in [0.29, 0.717) is 5.75 Å². The molecule has 0 spiro atoms. The third-order valence-electron chi connectivity index (χ3n) is 2.73. The molecule has 0 unspecified atom stereocenters. The number of rotatable bonds is 6. The summed E-state index contributed by atoms with van der Waals surface area (Å²) in [7, 11) is 0. The highest BCUT2D eigenvalue weighted by atomic mass is 16.5. The van der Waals surface area contributed by atoms with Crippen molar-refractivity contribution >= 4 is 11.7 Å². The number of carbonyl (C=O) groups is 1. The molecule has 0 fully saturated rings. The first-order valence-corrected chi connectivity index (χ1v) is 6.77. The first-order chi connectivity index (χ1) is 10.2. The average Bonchev–Trinajstić information content (AvgIpc) is 2.89. The predicted molar refractivity (Wildman–Crippen MR) is 77.2 cm³/mol. The van der Waals surface area contributed by atoms with Crippen LogP contribution in [0.4, 0.5) is 5.69 Å². The quantitative estimate of drug-likeness (QED) is 0.820. The molecule has 0 saturated heterocycles. The van der Waals surface area contributed by atoms with Gasteiger partial charge < -0.3 is 15.2 Å². The Bertz CT molecular complexity index is 624. The largest absolute Gasteiger partial charge is 0.462 e. The molecule has 0 aliphatic heterocycles. The van der Waals surface area contributed by atoms with Crippen LogP contribution in [-0.2, 0) is 11.3 Å². The van der Waals surface area contributed by atoms with Gasteiger partial charge in [-0.25, -0.2) is 9.78 Å². The fraction of sp³-hybridized carbons (Fsp3) is 0.357. The zero-order chi connectivity index (χ0) is 15.2. The van der Waals surface area contributed by atoms with Crippen LogP contribution < -0.4 is 10.5 Å². The van der Waals surface area contributed by atoms with Crippen LogP contribution in [0.25, 0.3) is 0 Å². The van der Waals surface area contributed by atoms with Crippen molar-refractivity contribution in [3.8, 4) is 11.6 Å². The molecule has 0 atom stereocenters. The van der Waals surface area contributed by atoms with Crippen LogP contribution in [0.5, 0.6) is 11.6 Å². The lowest BCUT2D eigenvalue weighted by atomic mass is 10.2. The van der Waals surface area contributed by atoms with E-state index in [2.05, 4.69) is 17.0 Å². The first-order valence-electron chi connectivity index (χ1n) is 6.77. The molecule has 0 aliphatic rings. The highest BCUT2D eigenvalue weighted by Gasteiger charge is 2.16. The summed E-state index contributed by atoms with van der Waals surface area (Å²) in [6, 6.07) is 1.50. The average molecular weight is 290 g/mol. The van der Waals surface area contributed by atoms with Crippen LogP contribution >= 0.6 is 0 Å². The molecule has 0 saturated carbocycles. The second-order valence-electron chi connectivity index (χ2n) is 4.34. The van der Waals surface area contributed by atoms with Crippen molar-refractivity contribution in [2.24, 2.45) is 0 Å². The Kier molecular flexibility index (Phi) is 4.76. The predicted octanol–water partition coefficient (Wildman–Crippen LogP) is 2.24. The maximum atomic E-state index is 11.8. The summed E-state index contributed by atoms with van der Waals surface area (Å²) in [5.74, 6) is 0.184. The van der Waals surface area contributed by atoms with Crippen LogP contribution in [0, 0.1) is 0 Å². The number of hydrogen-bond acceptors (Lipinski definition) is 6. The highest BCUT2D eigenvalue weighted by Crippen LogP contribution is 2.27. The summed E-state index contributed by atoms with van der Waals surface area (Å²) in [5, 5.41) is 4.15. The molecule has 2 aromatic heterocycles. The molecule has 0 aliphatic carbocycles. The Morgan fingerprint density at radius 2 is 2.24 bits per heavy atom. The van der Waals surface area contributed by atoms with Crippen LogP contribution in [0.3, 0.4) is 0 Å². The van der Waals surface area contributed by atoms with E-state index >= 15 is 0 Å². The van der Waals surface area contributed by atoms with Crippen molar-refractivity contribution in [1.82, 2.24) is 14.8 Å². The van der Waals surface area contributed by atoms with Gasteiger partial charge in [-0.15, -0.1) is 0 Å². The van der Waals surface area contributed by atoms with Gasteiger partial charge in [-0.2, -0.15) is 5.10 Å². The monoisotopic (exact) mass is 290 g/mol. The second-order valence-corrected chi connectivity index (χ2v) is 4.34. The number of anilines is 1. The number of nitrogens with zero attached hydrogens (tertiary/aromatic N) is 3. The Labute approximate surface area is 122 Å². The molecule has 0 amide bonds. The number of nitrogen functional groups attached to an aromatic ring is 1. The molecule has 0 aromatic carbocycles. The Morgan fingerprint density at radius 3 is 2.95 bits per heavy atom. The number of nitrogens with two attached hydrogens (primary N) is 1. The van der Waals surface area contributed by atoms with Gasteiger partial charge in [0, 0.05) is 12.7 Å². The molecule has 2 heterocycles. The summed E-state index contributed by atoms with van der Waals surface area (Å²) in [6.07, 6.45) is 5.75. The number of carbonyl (C=O) groups excluding carboxylic acids is 1. The van der Waals surface area contributed by atoms with Crippen LogP contribution in [-0.4, -0.2) is 27.3 Å². The summed E-state index contributed by atoms with van der Waals surface area (Å²) in [4.78, 5) is 15.8. The lowest BCUT2D eigenvalue weighted by Crippen LogP contribution is -2.09. The number of aryl methyl sites for hydroxylation is 1. The van der Waals surface area contributed by atoms with Crippen molar-refractivity contribution in [1.29, 1.82) is 0 Å². The number of hydrogen-bond donors (Lipinski definition) is 1. The second kappa shape index (κ2) is 6.74. The fourth-order valence-electron chi connectivity index (χ4n) is 1.78. The first kappa shape index (κ1) is 14.8. The number of aromatic nitrogens is 3. The van der Waals surface area contributed by atoms with Crippen LogP contribution in [0.1, 0.15) is 30.6 Å². The molecule has 112 valence electrons. The molecule has 7 nitrogen and oxygen atoms in total. The van der Waals surface area contributed by atoms with Crippen LogP contribution in [0.2, 0.25) is 0 Å². The Hall–Kier alpha value is -2.57. The number of pyridine rings is 1. The van der Waals surface area contributed by atoms with E-state index < -0.39 is 5.97 Å². The topological polar surface area (TPSA) is 92.3 Å². The van der Waals surface area contributed by atoms with Gasteiger partial charge in [0.2, 0.25) is 5.88 Å². The van der Waals surface area contributed by atoms with E-state index in [4.69, 9.17) is 15.2 Å². The molecule has 2 aromatic rings. The number of ether oxygens (including phenoxy) is 2. The summed E-state index contributed by atoms with van der Waals surface area (Å²) < 4.78 is 12.3. The summed E-state index contributed by atoms with van der Waals surface area (Å²) in [6.45, 7) is 4.87. The minimum atomic E-state index is -0.496. The van der Waals surface area contributed by atoms with E-state index in [1.165, 1.54) is 12.3 Å². The Morgan fingerprint density at radius 1 is 1.43 bits per heavy atom. The molecule has 21 heavy (non-hydrogen) atoms. The van der Waals surface area contributed by atoms with Gasteiger partial charge in [-0.1, -0.05) is 6.92 Å². The molecule has 2 rings (SSSR count). The normalized spacial score (nSPS) is 10.4. The van der Waals surface area contributed by atoms with E-state index in [9.17, 15) is 4.79 Å². The zero-order valence-electron chi connectivity index (χ0n) is 12.1. The van der Waals surface area contributed by atoms with Crippen molar-refractivity contribution in [2.45, 2.75) is 26.8 Å². The van der Waals surface area contributed by atoms with Gasteiger partial charge in [0.25, 0.3) is 0 Å². The van der Waals surface area contributed by atoms with E-state index in [-0.39, 0.29) is 23.7 Å². The lowest BCUT2D eigenvalue weighted by molar-refractivity contribution is 0.0527. The molecule has 0 bridgehead atoms. The summed E-state index contributed by atoms with van der Waals surface area (Å²) in [5.41, 5.74) is 6.30. The maximum Gasteiger partial charge on any atom is 0.340 e. The van der Waals surface area contributed by atoms with E-state index in [1.807, 2.05) is 0 Å². The van der Waals surface area contributed by atoms with E-state index in [0.717, 1.165) is 13.0 Å². The van der Waals surface area contributed by atoms with Gasteiger partial charge in [0.05, 0.1) is 24.6 Å². The molecule has 2 N–H and O–H groups in total. The smallest absolute Gasteiger partial charge is 0.340 e. The van der Waals surface area contributed by atoms with Crippen LogP contribution in [0.15, 0.2) is 24.7 Å². The summed E-state index contributed by atoms with van der Waals surface area (Å²) >= 11 is 0. The van der Waals surface area contributed by atoms with Gasteiger partial charge in [0.15, 0.2) is 5.75 Å².